The van der Waals surface area contributed by atoms with Gasteiger partial charge in [-0.15, -0.1) is 5.10 Å². The Morgan fingerprint density at radius 1 is 1.39 bits per heavy atom. The van der Waals surface area contributed by atoms with Crippen LogP contribution in [0.25, 0.3) is 11.2 Å². The van der Waals surface area contributed by atoms with Gasteiger partial charge in [0.25, 0.3) is 0 Å². The third kappa shape index (κ3) is 1.67. The molecule has 1 N–H and O–H groups in total. The van der Waals surface area contributed by atoms with Crippen molar-refractivity contribution in [3.63, 3.8) is 0 Å². The van der Waals surface area contributed by atoms with E-state index in [1.54, 1.807) is 18.0 Å². The second-order valence-electron chi connectivity index (χ2n) is 3.91. The predicted molar refractivity (Wildman–Crippen MR) is 62.7 cm³/mol. The Labute approximate surface area is 102 Å². The van der Waals surface area contributed by atoms with Crippen LogP contribution in [0.15, 0.2) is 17.1 Å². The van der Waals surface area contributed by atoms with Crippen molar-refractivity contribution < 1.29 is 4.52 Å². The van der Waals surface area contributed by atoms with Gasteiger partial charge in [0.05, 0.1) is 6.54 Å². The van der Waals surface area contributed by atoms with E-state index in [0.29, 0.717) is 23.5 Å². The van der Waals surface area contributed by atoms with Crippen LogP contribution in [0, 0.1) is 6.92 Å². The molecule has 0 unspecified atom stereocenters. The molecule has 0 aliphatic carbocycles. The molecule has 0 atom stereocenters. The van der Waals surface area contributed by atoms with Gasteiger partial charge in [0.15, 0.2) is 17.0 Å². The van der Waals surface area contributed by atoms with E-state index >= 15 is 0 Å². The van der Waals surface area contributed by atoms with E-state index in [9.17, 15) is 0 Å². The largest absolute Gasteiger partial charge is 0.364 e. The Kier molecular flexibility index (Phi) is 2.40. The van der Waals surface area contributed by atoms with Gasteiger partial charge in [0.2, 0.25) is 0 Å². The zero-order valence-electron chi connectivity index (χ0n) is 9.95. The predicted octanol–water partition coefficient (Wildman–Crippen LogP) is 0.667. The molecule has 0 saturated carbocycles. The quantitative estimate of drug-likeness (QED) is 0.724. The number of rotatable bonds is 3. The van der Waals surface area contributed by atoms with E-state index in [2.05, 4.69) is 30.8 Å². The number of hydrogen-bond donors (Lipinski definition) is 1. The summed E-state index contributed by atoms with van der Waals surface area (Å²) in [5.41, 5.74) is 3.16. The summed E-state index contributed by atoms with van der Waals surface area (Å²) in [6.07, 6.45) is 3.08. The topological polar surface area (TPSA) is 94.6 Å². The molecule has 92 valence electrons. The Bertz CT molecular complexity index is 686. The van der Waals surface area contributed by atoms with Gasteiger partial charge in [-0.25, -0.2) is 14.6 Å². The van der Waals surface area contributed by atoms with Gasteiger partial charge >= 0.3 is 0 Å². The molecular weight excluding hydrogens is 234 g/mol. The van der Waals surface area contributed by atoms with Crippen molar-refractivity contribution in [2.24, 2.45) is 7.05 Å². The Hall–Kier alpha value is -2.51. The lowest BCUT2D eigenvalue weighted by Crippen LogP contribution is -2.04. The van der Waals surface area contributed by atoms with Crippen molar-refractivity contribution in [2.75, 3.05) is 5.32 Å². The van der Waals surface area contributed by atoms with Crippen molar-refractivity contribution in [2.45, 2.75) is 13.5 Å². The molecule has 0 aliphatic heterocycles. The first kappa shape index (κ1) is 10.6. The van der Waals surface area contributed by atoms with Gasteiger partial charge in [-0.3, -0.25) is 0 Å². The van der Waals surface area contributed by atoms with Crippen LogP contribution in [-0.2, 0) is 13.6 Å². The fourth-order valence-electron chi connectivity index (χ4n) is 1.63. The molecule has 0 fully saturated rings. The maximum absolute atomic E-state index is 4.87. The molecule has 0 amide bonds. The minimum absolute atomic E-state index is 0.519. The van der Waals surface area contributed by atoms with Crippen LogP contribution in [0.5, 0.6) is 0 Å². The van der Waals surface area contributed by atoms with Crippen LogP contribution in [-0.4, -0.2) is 30.1 Å². The normalized spacial score (nSPS) is 11.0. The number of aromatic nitrogens is 6. The average Bonchev–Trinajstić information content (AvgIpc) is 2.95. The third-order valence-electron chi connectivity index (χ3n) is 2.66. The van der Waals surface area contributed by atoms with Crippen molar-refractivity contribution >= 4 is 17.0 Å². The van der Waals surface area contributed by atoms with Gasteiger partial charge in [0.1, 0.15) is 18.3 Å². The fourth-order valence-corrected chi connectivity index (χ4v) is 1.63. The van der Waals surface area contributed by atoms with Crippen molar-refractivity contribution in [3.8, 4) is 0 Å². The zero-order valence-corrected chi connectivity index (χ0v) is 9.95. The lowest BCUT2D eigenvalue weighted by molar-refractivity contribution is 0.412. The fraction of sp³-hybridized carbons (Fsp3) is 0.300. The summed E-state index contributed by atoms with van der Waals surface area (Å²) in [7, 11) is 1.79. The summed E-state index contributed by atoms with van der Waals surface area (Å²) in [5.74, 6) is 0.635. The second-order valence-corrected chi connectivity index (χ2v) is 3.91. The van der Waals surface area contributed by atoms with E-state index in [1.165, 1.54) is 6.33 Å². The van der Waals surface area contributed by atoms with Gasteiger partial charge < -0.3 is 9.84 Å². The molecule has 3 heterocycles. The highest BCUT2D eigenvalue weighted by Gasteiger charge is 2.10. The van der Waals surface area contributed by atoms with E-state index < -0.39 is 0 Å². The van der Waals surface area contributed by atoms with Crippen LogP contribution in [0.2, 0.25) is 0 Å². The smallest absolute Gasteiger partial charge is 0.183 e. The number of fused-ring (bicyclic) bond motifs is 1. The maximum Gasteiger partial charge on any atom is 0.183 e. The average molecular weight is 245 g/mol. The number of nitrogens with zero attached hydrogens (tertiary/aromatic N) is 6. The second kappa shape index (κ2) is 4.06. The molecule has 8 heteroatoms. The molecule has 3 aromatic rings. The summed E-state index contributed by atoms with van der Waals surface area (Å²) < 4.78 is 6.47. The number of aryl methyl sites for hydroxylation is 2. The molecule has 0 radical (unpaired) electrons. The van der Waals surface area contributed by atoms with E-state index in [0.717, 1.165) is 11.3 Å². The molecule has 0 spiro atoms. The molecule has 0 aliphatic rings. The van der Waals surface area contributed by atoms with Crippen LogP contribution in [0.1, 0.15) is 11.3 Å². The van der Waals surface area contributed by atoms with Crippen LogP contribution < -0.4 is 5.32 Å². The lowest BCUT2D eigenvalue weighted by Gasteiger charge is -2.03. The molecule has 0 saturated heterocycles. The molecule has 0 bridgehead atoms. The summed E-state index contributed by atoms with van der Waals surface area (Å²) in [4.78, 5) is 8.27. The Morgan fingerprint density at radius 3 is 3.06 bits per heavy atom. The highest BCUT2D eigenvalue weighted by atomic mass is 16.5. The molecule has 0 aromatic carbocycles. The minimum Gasteiger partial charge on any atom is -0.364 e. The van der Waals surface area contributed by atoms with E-state index in [-0.39, 0.29) is 0 Å². The summed E-state index contributed by atoms with van der Waals surface area (Å²) in [6, 6.07) is 0. The maximum atomic E-state index is 4.87. The first-order valence-electron chi connectivity index (χ1n) is 5.40. The van der Waals surface area contributed by atoms with Gasteiger partial charge in [-0.1, -0.05) is 10.4 Å². The number of nitrogens with one attached hydrogen (secondary N) is 1. The van der Waals surface area contributed by atoms with Gasteiger partial charge in [-0.2, -0.15) is 0 Å². The van der Waals surface area contributed by atoms with Crippen molar-refractivity contribution in [1.82, 2.24) is 30.1 Å². The molecule has 8 nitrogen and oxygen atoms in total. The van der Waals surface area contributed by atoms with Crippen LogP contribution >= 0.6 is 0 Å². The third-order valence-corrected chi connectivity index (χ3v) is 2.66. The first-order chi connectivity index (χ1) is 8.75. The summed E-state index contributed by atoms with van der Waals surface area (Å²) >= 11 is 0. The van der Waals surface area contributed by atoms with Crippen molar-refractivity contribution in [3.05, 3.63) is 23.8 Å². The molecule has 3 rings (SSSR count). The summed E-state index contributed by atoms with van der Waals surface area (Å²) in [6.45, 7) is 2.45. The lowest BCUT2D eigenvalue weighted by atomic mass is 10.3. The monoisotopic (exact) mass is 245 g/mol. The molecule has 3 aromatic heterocycles. The summed E-state index contributed by atoms with van der Waals surface area (Å²) in [5, 5.41) is 15.0. The number of anilines is 1. The van der Waals surface area contributed by atoms with Gasteiger partial charge in [0, 0.05) is 12.6 Å². The van der Waals surface area contributed by atoms with Crippen LogP contribution in [0.3, 0.4) is 0 Å². The Balaban J connectivity index is 1.89. The standard InChI is InChI=1S/C10H11N7O/c1-6-4-18-15-7(6)3-11-9-8-10(13-5-12-9)17(2)16-14-8/h4-5H,3H2,1-2H3,(H,11,12,13). The first-order valence-corrected chi connectivity index (χ1v) is 5.40. The van der Waals surface area contributed by atoms with E-state index in [4.69, 9.17) is 4.52 Å². The molecular formula is C10H11N7O. The molecule has 18 heavy (non-hydrogen) atoms. The van der Waals surface area contributed by atoms with Crippen LogP contribution in [0.4, 0.5) is 5.82 Å². The zero-order chi connectivity index (χ0) is 12.5. The highest BCUT2D eigenvalue weighted by molar-refractivity contribution is 5.81. The SMILES string of the molecule is Cc1conc1CNc1ncnc2c1nnn2C. The highest BCUT2D eigenvalue weighted by Crippen LogP contribution is 2.16. The van der Waals surface area contributed by atoms with E-state index in [1.807, 2.05) is 6.92 Å². The van der Waals surface area contributed by atoms with Crippen molar-refractivity contribution in [1.29, 1.82) is 0 Å². The van der Waals surface area contributed by atoms with Gasteiger partial charge in [-0.05, 0) is 6.92 Å². The Morgan fingerprint density at radius 2 is 2.28 bits per heavy atom. The number of hydrogen-bond acceptors (Lipinski definition) is 7. The minimum atomic E-state index is 0.519.